The van der Waals surface area contributed by atoms with Gasteiger partial charge in [-0.05, 0) is 48.7 Å². The number of hydrogen-bond acceptors (Lipinski definition) is 4. The van der Waals surface area contributed by atoms with Crippen molar-refractivity contribution >= 4 is 27.3 Å². The third-order valence-electron chi connectivity index (χ3n) is 4.37. The smallest absolute Gasteiger partial charge is 0.247 e. The van der Waals surface area contributed by atoms with Crippen LogP contribution in [0.1, 0.15) is 17.5 Å². The van der Waals surface area contributed by atoms with E-state index >= 15 is 0 Å². The topological polar surface area (TPSA) is 81.5 Å². The minimum Gasteiger partial charge on any atom is -0.311 e. The first kappa shape index (κ1) is 18.0. The summed E-state index contributed by atoms with van der Waals surface area (Å²) >= 11 is 0. The standard InChI is InChI=1S/C19H19N3O3S/c1-26(24,25)22(17-10-8-15(13-20)9-11-17)14-19(23)21-12-4-6-16-5-2-3-7-18(16)21/h2-3,5,7-11H,4,6,12,14H2,1H3. The molecule has 0 spiro atoms. The van der Waals surface area contributed by atoms with Gasteiger partial charge in [0.25, 0.3) is 0 Å². The number of fused-ring (bicyclic) bond motifs is 1. The van der Waals surface area contributed by atoms with E-state index in [9.17, 15) is 13.2 Å². The zero-order chi connectivity index (χ0) is 18.7. The van der Waals surface area contributed by atoms with E-state index in [1.807, 2.05) is 30.3 Å². The zero-order valence-corrected chi connectivity index (χ0v) is 15.2. The lowest BCUT2D eigenvalue weighted by molar-refractivity contribution is -0.117. The summed E-state index contributed by atoms with van der Waals surface area (Å²) in [6, 6.07) is 15.8. The Bertz CT molecular complexity index is 962. The van der Waals surface area contributed by atoms with Crippen molar-refractivity contribution in [1.29, 1.82) is 5.26 Å². The van der Waals surface area contributed by atoms with Gasteiger partial charge in [-0.3, -0.25) is 9.10 Å². The number of benzene rings is 2. The SMILES string of the molecule is CS(=O)(=O)N(CC(=O)N1CCCc2ccccc21)c1ccc(C#N)cc1. The quantitative estimate of drug-likeness (QED) is 0.828. The molecule has 0 atom stereocenters. The number of hydrogen-bond donors (Lipinski definition) is 0. The van der Waals surface area contributed by atoms with E-state index in [-0.39, 0.29) is 12.5 Å². The molecule has 3 rings (SSSR count). The second-order valence-corrected chi connectivity index (χ2v) is 8.11. The number of sulfonamides is 1. The number of rotatable bonds is 4. The number of anilines is 2. The van der Waals surface area contributed by atoms with E-state index < -0.39 is 10.0 Å². The number of nitriles is 1. The number of nitrogens with zero attached hydrogens (tertiary/aromatic N) is 3. The van der Waals surface area contributed by atoms with Gasteiger partial charge >= 0.3 is 0 Å². The van der Waals surface area contributed by atoms with Gasteiger partial charge in [-0.15, -0.1) is 0 Å². The van der Waals surface area contributed by atoms with Crippen molar-refractivity contribution in [2.24, 2.45) is 0 Å². The van der Waals surface area contributed by atoms with E-state index in [4.69, 9.17) is 5.26 Å². The normalized spacial score (nSPS) is 13.6. The predicted octanol–water partition coefficient (Wildman–Crippen LogP) is 2.30. The first-order valence-electron chi connectivity index (χ1n) is 8.26. The summed E-state index contributed by atoms with van der Waals surface area (Å²) < 4.78 is 25.6. The highest BCUT2D eigenvalue weighted by Gasteiger charge is 2.27. The molecule has 1 aliphatic rings. The Hall–Kier alpha value is -2.85. The first-order valence-corrected chi connectivity index (χ1v) is 10.1. The van der Waals surface area contributed by atoms with Crippen molar-refractivity contribution in [3.8, 4) is 6.07 Å². The molecule has 1 heterocycles. The lowest BCUT2D eigenvalue weighted by atomic mass is 10.0. The largest absolute Gasteiger partial charge is 0.311 e. The number of carbonyl (C=O) groups excluding carboxylic acids is 1. The highest BCUT2D eigenvalue weighted by Crippen LogP contribution is 2.27. The van der Waals surface area contributed by atoms with Crippen LogP contribution in [0.4, 0.5) is 11.4 Å². The summed E-state index contributed by atoms with van der Waals surface area (Å²) in [7, 11) is -3.65. The summed E-state index contributed by atoms with van der Waals surface area (Å²) in [6.07, 6.45) is 2.83. The maximum absolute atomic E-state index is 12.9. The minimum atomic E-state index is -3.65. The van der Waals surface area contributed by atoms with Crippen molar-refractivity contribution < 1.29 is 13.2 Å². The van der Waals surface area contributed by atoms with Crippen LogP contribution in [0.3, 0.4) is 0 Å². The Balaban J connectivity index is 1.88. The van der Waals surface area contributed by atoms with Crippen LogP contribution in [0.15, 0.2) is 48.5 Å². The average Bonchev–Trinajstić information content (AvgIpc) is 2.64. The fourth-order valence-corrected chi connectivity index (χ4v) is 3.95. The molecule has 0 unspecified atom stereocenters. The molecule has 1 aliphatic heterocycles. The van der Waals surface area contributed by atoms with E-state index in [0.29, 0.717) is 17.8 Å². The predicted molar refractivity (Wildman–Crippen MR) is 100 cm³/mol. The molecule has 1 amide bonds. The monoisotopic (exact) mass is 369 g/mol. The fourth-order valence-electron chi connectivity index (χ4n) is 3.10. The highest BCUT2D eigenvalue weighted by atomic mass is 32.2. The van der Waals surface area contributed by atoms with Crippen LogP contribution >= 0.6 is 0 Å². The van der Waals surface area contributed by atoms with Crippen LogP contribution in [0.5, 0.6) is 0 Å². The molecule has 0 aromatic heterocycles. The van der Waals surface area contributed by atoms with E-state index in [0.717, 1.165) is 34.7 Å². The average molecular weight is 369 g/mol. The molecule has 0 bridgehead atoms. The van der Waals surface area contributed by atoms with Crippen molar-refractivity contribution in [1.82, 2.24) is 0 Å². The van der Waals surface area contributed by atoms with Crippen LogP contribution in [-0.4, -0.2) is 33.7 Å². The van der Waals surface area contributed by atoms with Crippen molar-refractivity contribution in [2.75, 3.05) is 28.6 Å². The van der Waals surface area contributed by atoms with Crippen molar-refractivity contribution in [2.45, 2.75) is 12.8 Å². The summed E-state index contributed by atoms with van der Waals surface area (Å²) in [4.78, 5) is 14.5. The molecule has 134 valence electrons. The molecule has 0 saturated heterocycles. The molecule has 0 fully saturated rings. The summed E-state index contributed by atoms with van der Waals surface area (Å²) in [5, 5.41) is 8.89. The Morgan fingerprint density at radius 2 is 1.88 bits per heavy atom. The maximum atomic E-state index is 12.9. The Morgan fingerprint density at radius 1 is 1.19 bits per heavy atom. The highest BCUT2D eigenvalue weighted by molar-refractivity contribution is 7.92. The molecule has 0 N–H and O–H groups in total. The molecule has 7 heteroatoms. The van der Waals surface area contributed by atoms with Crippen LogP contribution in [0.2, 0.25) is 0 Å². The summed E-state index contributed by atoms with van der Waals surface area (Å²) in [5.74, 6) is -0.271. The molecule has 0 aliphatic carbocycles. The lowest BCUT2D eigenvalue weighted by Crippen LogP contribution is -2.44. The van der Waals surface area contributed by atoms with Gasteiger partial charge in [0.05, 0.1) is 23.6 Å². The molecular weight excluding hydrogens is 350 g/mol. The summed E-state index contributed by atoms with van der Waals surface area (Å²) in [5.41, 5.74) is 2.73. The van der Waals surface area contributed by atoms with Gasteiger partial charge in [0.2, 0.25) is 15.9 Å². The van der Waals surface area contributed by atoms with Gasteiger partial charge < -0.3 is 4.90 Å². The van der Waals surface area contributed by atoms with Gasteiger partial charge in [-0.25, -0.2) is 8.42 Å². The van der Waals surface area contributed by atoms with Gasteiger partial charge in [0, 0.05) is 12.2 Å². The van der Waals surface area contributed by atoms with Gasteiger partial charge in [0.15, 0.2) is 0 Å². The second-order valence-electron chi connectivity index (χ2n) is 6.21. The van der Waals surface area contributed by atoms with Gasteiger partial charge in [-0.1, -0.05) is 18.2 Å². The van der Waals surface area contributed by atoms with E-state index in [1.54, 1.807) is 4.90 Å². The zero-order valence-electron chi connectivity index (χ0n) is 14.4. The minimum absolute atomic E-state index is 0.271. The molecule has 2 aromatic rings. The second kappa shape index (κ2) is 7.18. The summed E-state index contributed by atoms with van der Waals surface area (Å²) in [6.45, 7) is 0.292. The Morgan fingerprint density at radius 3 is 2.54 bits per heavy atom. The van der Waals surface area contributed by atoms with Gasteiger partial charge in [0.1, 0.15) is 6.54 Å². The number of carbonyl (C=O) groups is 1. The maximum Gasteiger partial charge on any atom is 0.247 e. The van der Waals surface area contributed by atoms with E-state index in [1.165, 1.54) is 24.3 Å². The van der Waals surface area contributed by atoms with Crippen LogP contribution in [0.25, 0.3) is 0 Å². The molecule has 0 radical (unpaired) electrons. The molecule has 0 saturated carbocycles. The fraction of sp³-hybridized carbons (Fsp3) is 0.263. The molecule has 26 heavy (non-hydrogen) atoms. The van der Waals surface area contributed by atoms with Crippen LogP contribution < -0.4 is 9.21 Å². The van der Waals surface area contributed by atoms with E-state index in [2.05, 4.69) is 0 Å². The molecular formula is C19H19N3O3S. The first-order chi connectivity index (χ1) is 12.4. The number of para-hydroxylation sites is 1. The lowest BCUT2D eigenvalue weighted by Gasteiger charge is -2.31. The molecule has 6 nitrogen and oxygen atoms in total. The van der Waals surface area contributed by atoms with Crippen LogP contribution in [-0.2, 0) is 21.2 Å². The van der Waals surface area contributed by atoms with Gasteiger partial charge in [-0.2, -0.15) is 5.26 Å². The third-order valence-corrected chi connectivity index (χ3v) is 5.52. The van der Waals surface area contributed by atoms with Crippen molar-refractivity contribution in [3.05, 3.63) is 59.7 Å². The third kappa shape index (κ3) is 3.70. The Labute approximate surface area is 153 Å². The van der Waals surface area contributed by atoms with Crippen molar-refractivity contribution in [3.63, 3.8) is 0 Å². The number of aryl methyl sites for hydroxylation is 1. The van der Waals surface area contributed by atoms with Crippen LogP contribution in [0, 0.1) is 11.3 Å². The molecule has 2 aromatic carbocycles. The number of amides is 1. The Kier molecular flexibility index (Phi) is 4.96.